The molecule has 2 atom stereocenters. The van der Waals surface area contributed by atoms with Crippen LogP contribution < -0.4 is 4.90 Å². The molecule has 0 unspecified atom stereocenters. The summed E-state index contributed by atoms with van der Waals surface area (Å²) in [4.78, 5) is 29.4. The van der Waals surface area contributed by atoms with Gasteiger partial charge in [0.2, 0.25) is 21.8 Å². The van der Waals surface area contributed by atoms with Crippen molar-refractivity contribution < 1.29 is 18.0 Å². The Morgan fingerprint density at radius 3 is 2.59 bits per heavy atom. The molecule has 2 amide bonds. The number of sulfonamides is 1. The van der Waals surface area contributed by atoms with Gasteiger partial charge in [0.05, 0.1) is 10.8 Å². The first-order chi connectivity index (χ1) is 15.2. The number of unbranched alkanes of at least 4 members (excludes halogenated alkanes) is 1. The molecule has 0 aromatic heterocycles. The van der Waals surface area contributed by atoms with Crippen LogP contribution in [0.2, 0.25) is 0 Å². The van der Waals surface area contributed by atoms with Gasteiger partial charge in [-0.3, -0.25) is 9.59 Å². The number of carbonyl (C=O) groups is 2. The monoisotopic (exact) mass is 461 g/mol. The summed E-state index contributed by atoms with van der Waals surface area (Å²) >= 11 is 0. The summed E-state index contributed by atoms with van der Waals surface area (Å²) in [5, 5.41) is 0. The molecule has 7 nitrogen and oxygen atoms in total. The number of anilines is 1. The van der Waals surface area contributed by atoms with E-state index in [0.717, 1.165) is 43.4 Å². The lowest BCUT2D eigenvalue weighted by Gasteiger charge is -2.33. The smallest absolute Gasteiger partial charge is 0.243 e. The molecule has 1 aliphatic carbocycles. The highest BCUT2D eigenvalue weighted by molar-refractivity contribution is 7.89. The van der Waals surface area contributed by atoms with Crippen molar-refractivity contribution in [2.75, 3.05) is 31.6 Å². The predicted molar refractivity (Wildman–Crippen MR) is 124 cm³/mol. The Labute approximate surface area is 191 Å². The molecule has 0 bridgehead atoms. The van der Waals surface area contributed by atoms with E-state index in [2.05, 4.69) is 6.92 Å². The summed E-state index contributed by atoms with van der Waals surface area (Å²) in [6.07, 6.45) is 5.94. The van der Waals surface area contributed by atoms with Gasteiger partial charge in [0.25, 0.3) is 0 Å². The van der Waals surface area contributed by atoms with Crippen LogP contribution in [0.5, 0.6) is 0 Å². The summed E-state index contributed by atoms with van der Waals surface area (Å²) in [5.41, 5.74) is 1.76. The van der Waals surface area contributed by atoms with Gasteiger partial charge in [-0.15, -0.1) is 0 Å². The van der Waals surface area contributed by atoms with Crippen LogP contribution in [0.4, 0.5) is 5.69 Å². The highest BCUT2D eigenvalue weighted by Crippen LogP contribution is 2.40. The van der Waals surface area contributed by atoms with Gasteiger partial charge in [-0.25, -0.2) is 8.42 Å². The molecule has 3 aliphatic rings. The number of amides is 2. The number of rotatable bonds is 7. The molecule has 0 N–H and O–H groups in total. The summed E-state index contributed by atoms with van der Waals surface area (Å²) in [6, 6.07) is 5.20. The molecule has 4 rings (SSSR count). The lowest BCUT2D eigenvalue weighted by molar-refractivity contribution is -0.135. The van der Waals surface area contributed by atoms with Crippen LogP contribution in [-0.4, -0.2) is 62.2 Å². The molecule has 1 aromatic rings. The number of hydrogen-bond acceptors (Lipinski definition) is 4. The molecule has 2 heterocycles. The number of fused-ring (bicyclic) bond motifs is 1. The van der Waals surface area contributed by atoms with E-state index in [9.17, 15) is 18.0 Å². The van der Waals surface area contributed by atoms with Gasteiger partial charge in [-0.1, -0.05) is 13.3 Å². The van der Waals surface area contributed by atoms with Crippen molar-refractivity contribution in [2.45, 2.75) is 69.7 Å². The Morgan fingerprint density at radius 1 is 1.16 bits per heavy atom. The Bertz CT molecular complexity index is 989. The predicted octanol–water partition coefficient (Wildman–Crippen LogP) is 3.03. The van der Waals surface area contributed by atoms with E-state index in [4.69, 9.17) is 0 Å². The second-order valence-corrected chi connectivity index (χ2v) is 11.6. The molecule has 0 radical (unpaired) electrons. The summed E-state index contributed by atoms with van der Waals surface area (Å²) in [6.45, 7) is 5.48. The van der Waals surface area contributed by atoms with E-state index in [0.29, 0.717) is 25.9 Å². The fourth-order valence-corrected chi connectivity index (χ4v) is 6.53. The molecule has 1 aromatic carbocycles. The lowest BCUT2D eigenvalue weighted by atomic mass is 9.98. The third-order valence-electron chi connectivity index (χ3n) is 7.03. The molecular weight excluding hydrogens is 426 g/mol. The zero-order valence-electron chi connectivity index (χ0n) is 19.4. The Kier molecular flexibility index (Phi) is 6.63. The fourth-order valence-electron chi connectivity index (χ4n) is 4.96. The van der Waals surface area contributed by atoms with Crippen molar-refractivity contribution in [1.82, 2.24) is 9.21 Å². The Balaban J connectivity index is 1.50. The van der Waals surface area contributed by atoms with Crippen LogP contribution in [0.1, 0.15) is 57.9 Å². The minimum Gasteiger partial charge on any atom is -0.345 e. The van der Waals surface area contributed by atoms with Gasteiger partial charge in [0, 0.05) is 44.3 Å². The number of piperidine rings is 1. The summed E-state index contributed by atoms with van der Waals surface area (Å²) < 4.78 is 28.3. The van der Waals surface area contributed by atoms with Gasteiger partial charge < -0.3 is 9.80 Å². The maximum absolute atomic E-state index is 13.4. The van der Waals surface area contributed by atoms with E-state index in [1.165, 1.54) is 4.31 Å². The van der Waals surface area contributed by atoms with Gasteiger partial charge in [-0.05, 0) is 69.2 Å². The maximum atomic E-state index is 13.4. The Morgan fingerprint density at radius 2 is 1.91 bits per heavy atom. The largest absolute Gasteiger partial charge is 0.345 e. The van der Waals surface area contributed by atoms with E-state index in [-0.39, 0.29) is 41.1 Å². The number of hydrogen-bond donors (Lipinski definition) is 0. The molecule has 2 aliphatic heterocycles. The highest BCUT2D eigenvalue weighted by Gasteiger charge is 2.40. The molecule has 32 heavy (non-hydrogen) atoms. The first-order valence-corrected chi connectivity index (χ1v) is 13.4. The Hall–Kier alpha value is -1.93. The first kappa shape index (κ1) is 23.2. The normalized spacial score (nSPS) is 23.8. The quantitative estimate of drug-likeness (QED) is 0.625. The third-order valence-corrected chi connectivity index (χ3v) is 8.89. The van der Waals surface area contributed by atoms with Gasteiger partial charge in [0.15, 0.2) is 0 Å². The SMILES string of the molecule is CCCCN(C)C(=O)[C@@H]1CCCN(S(=O)(=O)c2ccc3c(c2)C[C@H](C)N3C(=O)C2CC2)C1. The number of carbonyl (C=O) groups excluding carboxylic acids is 2. The van der Waals surface area contributed by atoms with E-state index in [1.807, 2.05) is 18.9 Å². The van der Waals surface area contributed by atoms with Crippen LogP contribution in [-0.2, 0) is 26.0 Å². The standard InChI is InChI=1S/C24H35N3O4S/c1-4-5-12-25(3)23(28)19-7-6-13-26(16-19)32(30,31)21-10-11-22-20(15-21)14-17(2)27(22)24(29)18-8-9-18/h10-11,15,17-19H,4-9,12-14,16H2,1-3H3/t17-,19+/m0/s1. The highest BCUT2D eigenvalue weighted by atomic mass is 32.2. The second-order valence-electron chi connectivity index (χ2n) is 9.64. The third kappa shape index (κ3) is 4.44. The molecule has 176 valence electrons. The number of nitrogens with zero attached hydrogens (tertiary/aromatic N) is 3. The van der Waals surface area contributed by atoms with Gasteiger partial charge in [0.1, 0.15) is 0 Å². The van der Waals surface area contributed by atoms with Crippen molar-refractivity contribution in [1.29, 1.82) is 0 Å². The van der Waals surface area contributed by atoms with E-state index in [1.54, 1.807) is 23.1 Å². The zero-order valence-corrected chi connectivity index (χ0v) is 20.2. The van der Waals surface area contributed by atoms with Crippen molar-refractivity contribution >= 4 is 27.5 Å². The van der Waals surface area contributed by atoms with Gasteiger partial charge in [-0.2, -0.15) is 4.31 Å². The maximum Gasteiger partial charge on any atom is 0.243 e. The van der Waals surface area contributed by atoms with Crippen molar-refractivity contribution in [3.05, 3.63) is 23.8 Å². The minimum absolute atomic E-state index is 0.0374. The topological polar surface area (TPSA) is 78.0 Å². The number of benzene rings is 1. The lowest BCUT2D eigenvalue weighted by Crippen LogP contribution is -2.46. The van der Waals surface area contributed by atoms with Gasteiger partial charge >= 0.3 is 0 Å². The minimum atomic E-state index is -3.69. The van der Waals surface area contributed by atoms with Crippen LogP contribution in [0.3, 0.4) is 0 Å². The summed E-state index contributed by atoms with van der Waals surface area (Å²) in [5.74, 6) is 0.0402. The molecule has 1 saturated heterocycles. The van der Waals surface area contributed by atoms with Crippen LogP contribution in [0.25, 0.3) is 0 Å². The van der Waals surface area contributed by atoms with Crippen LogP contribution in [0, 0.1) is 11.8 Å². The van der Waals surface area contributed by atoms with E-state index >= 15 is 0 Å². The molecule has 8 heteroatoms. The van der Waals surface area contributed by atoms with Crippen LogP contribution >= 0.6 is 0 Å². The fraction of sp³-hybridized carbons (Fsp3) is 0.667. The van der Waals surface area contributed by atoms with Crippen molar-refractivity contribution in [2.24, 2.45) is 11.8 Å². The molecule has 2 fully saturated rings. The zero-order chi connectivity index (χ0) is 23.0. The molecule has 1 saturated carbocycles. The average Bonchev–Trinajstić information content (AvgIpc) is 3.58. The first-order valence-electron chi connectivity index (χ1n) is 11.9. The summed E-state index contributed by atoms with van der Waals surface area (Å²) in [7, 11) is -1.89. The molecular formula is C24H35N3O4S. The van der Waals surface area contributed by atoms with Crippen LogP contribution in [0.15, 0.2) is 23.1 Å². The second kappa shape index (κ2) is 9.14. The average molecular weight is 462 g/mol. The van der Waals surface area contributed by atoms with Crippen molar-refractivity contribution in [3.63, 3.8) is 0 Å². The molecule has 0 spiro atoms. The van der Waals surface area contributed by atoms with E-state index < -0.39 is 10.0 Å². The van der Waals surface area contributed by atoms with Crippen molar-refractivity contribution in [3.8, 4) is 0 Å².